The second-order valence-corrected chi connectivity index (χ2v) is 4.60. The number of hydrogen-bond acceptors (Lipinski definition) is 5. The second kappa shape index (κ2) is 5.43. The first-order chi connectivity index (χ1) is 8.65. The van der Waals surface area contributed by atoms with Gasteiger partial charge in [-0.2, -0.15) is 0 Å². The Balaban J connectivity index is 2.31. The van der Waals surface area contributed by atoms with Gasteiger partial charge in [0.2, 0.25) is 0 Å². The summed E-state index contributed by atoms with van der Waals surface area (Å²) in [6.07, 6.45) is 0. The van der Waals surface area contributed by atoms with Crippen molar-refractivity contribution < 1.29 is 14.2 Å². The van der Waals surface area contributed by atoms with Gasteiger partial charge in [-0.25, -0.2) is 9.37 Å². The molecule has 1 unspecified atom stereocenters. The van der Waals surface area contributed by atoms with Crippen LogP contribution in [0.2, 0.25) is 0 Å². The third kappa shape index (κ3) is 2.50. The van der Waals surface area contributed by atoms with E-state index in [1.54, 1.807) is 17.5 Å². The van der Waals surface area contributed by atoms with E-state index in [-0.39, 0.29) is 12.4 Å². The van der Waals surface area contributed by atoms with Crippen molar-refractivity contribution in [1.29, 1.82) is 0 Å². The first-order valence-corrected chi connectivity index (χ1v) is 6.19. The van der Waals surface area contributed by atoms with Gasteiger partial charge in [0.1, 0.15) is 5.01 Å². The molecule has 1 aromatic carbocycles. The highest BCUT2D eigenvalue weighted by Crippen LogP contribution is 2.28. The fraction of sp³-hybridized carbons (Fsp3) is 0.250. The standard InChI is InChI=1S/C12H13FN2O2S/c1-17-11-3-2-7(4-8(11)13)10-6-18-12(15-10)9(14)5-16/h2-4,6,9,16H,5,14H2,1H3. The average molecular weight is 268 g/mol. The largest absolute Gasteiger partial charge is 0.494 e. The van der Waals surface area contributed by atoms with E-state index in [0.29, 0.717) is 16.3 Å². The number of nitrogens with two attached hydrogens (primary N) is 1. The number of hydrogen-bond donors (Lipinski definition) is 2. The Labute approximate surface area is 108 Å². The number of nitrogens with zero attached hydrogens (tertiary/aromatic N) is 1. The van der Waals surface area contributed by atoms with Gasteiger partial charge in [-0.3, -0.25) is 0 Å². The molecule has 0 saturated heterocycles. The smallest absolute Gasteiger partial charge is 0.165 e. The zero-order chi connectivity index (χ0) is 13.1. The number of aromatic nitrogens is 1. The average Bonchev–Trinajstić information content (AvgIpc) is 2.87. The van der Waals surface area contributed by atoms with Crippen LogP contribution < -0.4 is 10.5 Å². The van der Waals surface area contributed by atoms with Crippen molar-refractivity contribution in [3.8, 4) is 17.0 Å². The predicted molar refractivity (Wildman–Crippen MR) is 68.1 cm³/mol. The molecule has 0 spiro atoms. The fourth-order valence-corrected chi connectivity index (χ4v) is 2.32. The van der Waals surface area contributed by atoms with Gasteiger partial charge < -0.3 is 15.6 Å². The Kier molecular flexibility index (Phi) is 3.90. The van der Waals surface area contributed by atoms with Crippen LogP contribution in [-0.4, -0.2) is 23.8 Å². The van der Waals surface area contributed by atoms with E-state index in [2.05, 4.69) is 4.98 Å². The van der Waals surface area contributed by atoms with Crippen LogP contribution in [0.1, 0.15) is 11.0 Å². The Bertz CT molecular complexity index is 545. The van der Waals surface area contributed by atoms with Gasteiger partial charge in [0.15, 0.2) is 11.6 Å². The summed E-state index contributed by atoms with van der Waals surface area (Å²) in [5.74, 6) is -0.239. The van der Waals surface area contributed by atoms with E-state index in [4.69, 9.17) is 15.6 Å². The van der Waals surface area contributed by atoms with Crippen LogP contribution >= 0.6 is 11.3 Å². The van der Waals surface area contributed by atoms with Crippen LogP contribution in [0.15, 0.2) is 23.6 Å². The molecule has 4 nitrogen and oxygen atoms in total. The first-order valence-electron chi connectivity index (χ1n) is 5.31. The van der Waals surface area contributed by atoms with Crippen LogP contribution in [0.3, 0.4) is 0 Å². The lowest BCUT2D eigenvalue weighted by Crippen LogP contribution is -2.13. The Morgan fingerprint density at radius 1 is 1.56 bits per heavy atom. The first kappa shape index (κ1) is 12.9. The summed E-state index contributed by atoms with van der Waals surface area (Å²) in [6, 6.07) is 4.15. The van der Waals surface area contributed by atoms with E-state index >= 15 is 0 Å². The molecule has 18 heavy (non-hydrogen) atoms. The minimum atomic E-state index is -0.494. The highest BCUT2D eigenvalue weighted by molar-refractivity contribution is 7.10. The van der Waals surface area contributed by atoms with Gasteiger partial charge in [0.05, 0.1) is 25.5 Å². The third-order valence-electron chi connectivity index (χ3n) is 2.48. The zero-order valence-corrected chi connectivity index (χ0v) is 10.6. The van der Waals surface area contributed by atoms with Crippen LogP contribution in [0.25, 0.3) is 11.3 Å². The third-order valence-corrected chi connectivity index (χ3v) is 3.46. The Morgan fingerprint density at radius 2 is 2.33 bits per heavy atom. The minimum Gasteiger partial charge on any atom is -0.494 e. The molecular formula is C12H13FN2O2S. The fourth-order valence-electron chi connectivity index (χ4n) is 1.49. The monoisotopic (exact) mass is 268 g/mol. The van der Waals surface area contributed by atoms with E-state index < -0.39 is 11.9 Å². The summed E-state index contributed by atoms with van der Waals surface area (Å²) in [5.41, 5.74) is 6.96. The summed E-state index contributed by atoms with van der Waals surface area (Å²) in [5, 5.41) is 11.4. The highest BCUT2D eigenvalue weighted by atomic mass is 32.1. The maximum atomic E-state index is 13.6. The van der Waals surface area contributed by atoms with E-state index in [1.807, 2.05) is 0 Å². The second-order valence-electron chi connectivity index (χ2n) is 3.71. The van der Waals surface area contributed by atoms with Crippen molar-refractivity contribution in [3.63, 3.8) is 0 Å². The quantitative estimate of drug-likeness (QED) is 0.889. The molecule has 0 aliphatic heterocycles. The van der Waals surface area contributed by atoms with Crippen LogP contribution in [0, 0.1) is 5.82 Å². The number of aliphatic hydroxyl groups is 1. The summed E-state index contributed by atoms with van der Waals surface area (Å²) in [6.45, 7) is -0.163. The Morgan fingerprint density at radius 3 is 2.94 bits per heavy atom. The lowest BCUT2D eigenvalue weighted by atomic mass is 10.1. The zero-order valence-electron chi connectivity index (χ0n) is 9.76. The summed E-state index contributed by atoms with van der Waals surface area (Å²) in [4.78, 5) is 4.27. The van der Waals surface area contributed by atoms with Crippen molar-refractivity contribution in [2.45, 2.75) is 6.04 Å². The molecule has 6 heteroatoms. The molecule has 0 amide bonds. The molecule has 2 rings (SSSR count). The molecule has 1 heterocycles. The van der Waals surface area contributed by atoms with Crippen molar-refractivity contribution in [1.82, 2.24) is 4.98 Å². The van der Waals surface area contributed by atoms with E-state index in [0.717, 1.165) is 0 Å². The molecule has 0 aliphatic carbocycles. The van der Waals surface area contributed by atoms with Crippen molar-refractivity contribution in [2.75, 3.05) is 13.7 Å². The molecule has 1 aromatic heterocycles. The van der Waals surface area contributed by atoms with Crippen molar-refractivity contribution >= 4 is 11.3 Å². The van der Waals surface area contributed by atoms with E-state index in [1.165, 1.54) is 24.5 Å². The summed E-state index contributed by atoms with van der Waals surface area (Å²) >= 11 is 1.34. The lowest BCUT2D eigenvalue weighted by molar-refractivity contribution is 0.268. The molecule has 0 aliphatic rings. The maximum Gasteiger partial charge on any atom is 0.165 e. The Hall–Kier alpha value is -1.50. The lowest BCUT2D eigenvalue weighted by Gasteiger charge is -2.04. The molecule has 1 atom stereocenters. The molecule has 0 fully saturated rings. The van der Waals surface area contributed by atoms with Crippen LogP contribution in [0.5, 0.6) is 5.75 Å². The minimum absolute atomic E-state index is 0.163. The molecule has 96 valence electrons. The molecule has 0 bridgehead atoms. The molecule has 0 radical (unpaired) electrons. The van der Waals surface area contributed by atoms with Crippen molar-refractivity contribution in [2.24, 2.45) is 5.73 Å². The van der Waals surface area contributed by atoms with E-state index in [9.17, 15) is 4.39 Å². The van der Waals surface area contributed by atoms with Gasteiger partial charge in [0, 0.05) is 10.9 Å². The van der Waals surface area contributed by atoms with Crippen LogP contribution in [0.4, 0.5) is 4.39 Å². The van der Waals surface area contributed by atoms with Gasteiger partial charge >= 0.3 is 0 Å². The topological polar surface area (TPSA) is 68.4 Å². The summed E-state index contributed by atoms with van der Waals surface area (Å²) < 4.78 is 18.4. The molecule has 0 saturated carbocycles. The maximum absolute atomic E-state index is 13.6. The summed E-state index contributed by atoms with van der Waals surface area (Å²) in [7, 11) is 1.42. The van der Waals surface area contributed by atoms with Crippen molar-refractivity contribution in [3.05, 3.63) is 34.4 Å². The number of methoxy groups -OCH3 is 1. The molecular weight excluding hydrogens is 255 g/mol. The number of ether oxygens (including phenoxy) is 1. The number of thiazole rings is 1. The van der Waals surface area contributed by atoms with Gasteiger partial charge in [-0.15, -0.1) is 11.3 Å². The number of rotatable bonds is 4. The van der Waals surface area contributed by atoms with Gasteiger partial charge in [-0.1, -0.05) is 0 Å². The number of halogens is 1. The van der Waals surface area contributed by atoms with Gasteiger partial charge in [0.25, 0.3) is 0 Å². The molecule has 2 aromatic rings. The highest BCUT2D eigenvalue weighted by Gasteiger charge is 2.12. The number of aliphatic hydroxyl groups excluding tert-OH is 1. The SMILES string of the molecule is COc1ccc(-c2csc(C(N)CO)n2)cc1F. The van der Waals surface area contributed by atoms with Gasteiger partial charge in [-0.05, 0) is 18.2 Å². The van der Waals surface area contributed by atoms with Crippen LogP contribution in [-0.2, 0) is 0 Å². The molecule has 3 N–H and O–H groups in total. The predicted octanol–water partition coefficient (Wildman–Crippen LogP) is 1.95. The normalized spacial score (nSPS) is 12.4. The number of benzene rings is 1.